The Morgan fingerprint density at radius 3 is 3.00 bits per heavy atom. The van der Waals surface area contributed by atoms with E-state index in [9.17, 15) is 4.79 Å². The molecule has 1 unspecified atom stereocenters. The zero-order valence-electron chi connectivity index (χ0n) is 8.91. The molecular weight excluding hydrogens is 286 g/mol. The first-order valence-electron chi connectivity index (χ1n) is 5.38. The van der Waals surface area contributed by atoms with E-state index in [0.29, 0.717) is 11.5 Å². The van der Waals surface area contributed by atoms with E-state index in [1.165, 1.54) is 17.9 Å². The summed E-state index contributed by atoms with van der Waals surface area (Å²) in [4.78, 5) is 11.9. The first kappa shape index (κ1) is 12.0. The zero-order valence-corrected chi connectivity index (χ0v) is 11.3. The van der Waals surface area contributed by atoms with Crippen molar-refractivity contribution < 1.29 is 4.79 Å². The van der Waals surface area contributed by atoms with Crippen LogP contribution in [0, 0.1) is 5.92 Å². The highest BCUT2D eigenvalue weighted by Crippen LogP contribution is 2.22. The summed E-state index contributed by atoms with van der Waals surface area (Å²) in [6.45, 7) is 0.799. The van der Waals surface area contributed by atoms with Crippen molar-refractivity contribution in [2.75, 3.05) is 18.1 Å². The van der Waals surface area contributed by atoms with Gasteiger partial charge in [0.2, 0.25) is 0 Å². The summed E-state index contributed by atoms with van der Waals surface area (Å²) in [6, 6.07) is 7.52. The standard InChI is InChI=1S/C12H14BrNOS/c13-11-4-2-1-3-10(11)12(15)14-7-9-5-6-16-8-9/h1-4,9H,5-8H2,(H,14,15). The normalized spacial score (nSPS) is 19.7. The Balaban J connectivity index is 1.90. The Morgan fingerprint density at radius 2 is 2.31 bits per heavy atom. The average molecular weight is 300 g/mol. The maximum absolute atomic E-state index is 11.9. The van der Waals surface area contributed by atoms with E-state index >= 15 is 0 Å². The Labute approximate surface area is 108 Å². The van der Waals surface area contributed by atoms with Crippen molar-refractivity contribution in [2.45, 2.75) is 6.42 Å². The van der Waals surface area contributed by atoms with Crippen molar-refractivity contribution in [3.05, 3.63) is 34.3 Å². The number of hydrogen-bond acceptors (Lipinski definition) is 2. The number of nitrogens with one attached hydrogen (secondary N) is 1. The van der Waals surface area contributed by atoms with E-state index < -0.39 is 0 Å². The van der Waals surface area contributed by atoms with Crippen LogP contribution in [0.5, 0.6) is 0 Å². The monoisotopic (exact) mass is 299 g/mol. The molecule has 1 aromatic carbocycles. The third kappa shape index (κ3) is 3.01. The molecule has 1 atom stereocenters. The Kier molecular flexibility index (Phi) is 4.29. The minimum absolute atomic E-state index is 0.0179. The zero-order chi connectivity index (χ0) is 11.4. The number of benzene rings is 1. The van der Waals surface area contributed by atoms with Crippen molar-refractivity contribution in [1.82, 2.24) is 5.32 Å². The minimum Gasteiger partial charge on any atom is -0.352 e. The maximum atomic E-state index is 11.9. The number of thioether (sulfide) groups is 1. The number of carbonyl (C=O) groups excluding carboxylic acids is 1. The fraction of sp³-hybridized carbons (Fsp3) is 0.417. The molecule has 16 heavy (non-hydrogen) atoms. The molecule has 0 spiro atoms. The van der Waals surface area contributed by atoms with Crippen LogP contribution < -0.4 is 5.32 Å². The molecule has 1 aliphatic heterocycles. The summed E-state index contributed by atoms with van der Waals surface area (Å²) in [5.41, 5.74) is 0.716. The quantitative estimate of drug-likeness (QED) is 0.930. The SMILES string of the molecule is O=C(NCC1CCSC1)c1ccccc1Br. The molecule has 1 aromatic rings. The lowest BCUT2D eigenvalue weighted by Gasteiger charge is -2.10. The van der Waals surface area contributed by atoms with Gasteiger partial charge in [0, 0.05) is 11.0 Å². The van der Waals surface area contributed by atoms with E-state index in [2.05, 4.69) is 21.2 Å². The summed E-state index contributed by atoms with van der Waals surface area (Å²) in [7, 11) is 0. The molecule has 0 bridgehead atoms. The Bertz CT molecular complexity index is 377. The smallest absolute Gasteiger partial charge is 0.252 e. The van der Waals surface area contributed by atoms with Gasteiger partial charge in [0.25, 0.3) is 5.91 Å². The molecule has 1 saturated heterocycles. The van der Waals surface area contributed by atoms with Gasteiger partial charge < -0.3 is 5.32 Å². The van der Waals surface area contributed by atoms with E-state index in [-0.39, 0.29) is 5.91 Å². The first-order valence-corrected chi connectivity index (χ1v) is 7.32. The van der Waals surface area contributed by atoms with Crippen LogP contribution in [0.25, 0.3) is 0 Å². The molecule has 2 rings (SSSR count). The van der Waals surface area contributed by atoms with Crippen molar-refractivity contribution >= 4 is 33.6 Å². The second-order valence-electron chi connectivity index (χ2n) is 3.92. The van der Waals surface area contributed by atoms with Gasteiger partial charge in [-0.3, -0.25) is 4.79 Å². The van der Waals surface area contributed by atoms with Gasteiger partial charge in [0.1, 0.15) is 0 Å². The molecule has 1 amide bonds. The summed E-state index contributed by atoms with van der Waals surface area (Å²) >= 11 is 5.36. The molecule has 86 valence electrons. The van der Waals surface area contributed by atoms with Crippen LogP contribution in [0.4, 0.5) is 0 Å². The van der Waals surface area contributed by atoms with E-state index in [4.69, 9.17) is 0 Å². The highest BCUT2D eigenvalue weighted by molar-refractivity contribution is 9.10. The van der Waals surface area contributed by atoms with E-state index in [0.717, 1.165) is 11.0 Å². The molecule has 4 heteroatoms. The van der Waals surface area contributed by atoms with Gasteiger partial charge in [0.15, 0.2) is 0 Å². The van der Waals surface area contributed by atoms with Crippen LogP contribution in [0.3, 0.4) is 0 Å². The van der Waals surface area contributed by atoms with Crippen molar-refractivity contribution in [1.29, 1.82) is 0 Å². The van der Waals surface area contributed by atoms with Gasteiger partial charge in [0.05, 0.1) is 5.56 Å². The number of halogens is 1. The third-order valence-corrected chi connectivity index (χ3v) is 4.62. The van der Waals surface area contributed by atoms with Gasteiger partial charge in [-0.1, -0.05) is 12.1 Å². The van der Waals surface area contributed by atoms with Crippen LogP contribution >= 0.6 is 27.7 Å². The topological polar surface area (TPSA) is 29.1 Å². The number of hydrogen-bond donors (Lipinski definition) is 1. The Morgan fingerprint density at radius 1 is 1.50 bits per heavy atom. The summed E-state index contributed by atoms with van der Waals surface area (Å²) in [5.74, 6) is 3.08. The predicted molar refractivity (Wildman–Crippen MR) is 71.9 cm³/mol. The van der Waals surface area contributed by atoms with Gasteiger partial charge in [-0.15, -0.1) is 0 Å². The minimum atomic E-state index is 0.0179. The molecule has 0 saturated carbocycles. The molecule has 1 fully saturated rings. The third-order valence-electron chi connectivity index (χ3n) is 2.69. The second-order valence-corrected chi connectivity index (χ2v) is 5.92. The van der Waals surface area contributed by atoms with Crippen LogP contribution in [0.2, 0.25) is 0 Å². The summed E-state index contributed by atoms with van der Waals surface area (Å²) < 4.78 is 0.855. The van der Waals surface area contributed by atoms with Crippen LogP contribution in [-0.2, 0) is 0 Å². The lowest BCUT2D eigenvalue weighted by molar-refractivity contribution is 0.0948. The number of carbonyl (C=O) groups is 1. The van der Waals surface area contributed by atoms with E-state index in [1.54, 1.807) is 0 Å². The van der Waals surface area contributed by atoms with Crippen molar-refractivity contribution in [2.24, 2.45) is 5.92 Å². The number of amides is 1. The molecule has 0 aliphatic carbocycles. The molecule has 0 radical (unpaired) electrons. The van der Waals surface area contributed by atoms with Crippen LogP contribution in [-0.4, -0.2) is 24.0 Å². The lowest BCUT2D eigenvalue weighted by Crippen LogP contribution is -2.29. The largest absolute Gasteiger partial charge is 0.352 e. The first-order chi connectivity index (χ1) is 7.77. The fourth-order valence-corrected chi connectivity index (χ4v) is 3.47. The highest BCUT2D eigenvalue weighted by Gasteiger charge is 2.17. The molecule has 1 heterocycles. The lowest BCUT2D eigenvalue weighted by atomic mass is 10.1. The molecule has 1 aliphatic rings. The van der Waals surface area contributed by atoms with Crippen LogP contribution in [0.15, 0.2) is 28.7 Å². The summed E-state index contributed by atoms with van der Waals surface area (Å²) in [5, 5.41) is 3.00. The van der Waals surface area contributed by atoms with Gasteiger partial charge in [-0.2, -0.15) is 11.8 Å². The summed E-state index contributed by atoms with van der Waals surface area (Å²) in [6.07, 6.45) is 1.22. The molecule has 0 aromatic heterocycles. The van der Waals surface area contributed by atoms with E-state index in [1.807, 2.05) is 36.0 Å². The maximum Gasteiger partial charge on any atom is 0.252 e. The van der Waals surface area contributed by atoms with Crippen LogP contribution in [0.1, 0.15) is 16.8 Å². The van der Waals surface area contributed by atoms with Crippen molar-refractivity contribution in [3.63, 3.8) is 0 Å². The average Bonchev–Trinajstić information content (AvgIpc) is 2.79. The van der Waals surface area contributed by atoms with Gasteiger partial charge in [-0.05, 0) is 51.9 Å². The second kappa shape index (κ2) is 5.73. The van der Waals surface area contributed by atoms with Crippen molar-refractivity contribution in [3.8, 4) is 0 Å². The molecule has 1 N–H and O–H groups in total. The van der Waals surface area contributed by atoms with Gasteiger partial charge >= 0.3 is 0 Å². The highest BCUT2D eigenvalue weighted by atomic mass is 79.9. The molecular formula is C12H14BrNOS. The number of rotatable bonds is 3. The molecule has 2 nitrogen and oxygen atoms in total. The fourth-order valence-electron chi connectivity index (χ4n) is 1.72. The predicted octanol–water partition coefficient (Wildman–Crippen LogP) is 2.93. The van der Waals surface area contributed by atoms with Gasteiger partial charge in [-0.25, -0.2) is 0 Å². The Hall–Kier alpha value is -0.480.